The molecule has 0 spiro atoms. The summed E-state index contributed by atoms with van der Waals surface area (Å²) in [7, 11) is 0. The third-order valence-electron chi connectivity index (χ3n) is 3.47. The molecule has 1 aliphatic carbocycles. The fourth-order valence-electron chi connectivity index (χ4n) is 2.13. The molecule has 0 amide bonds. The normalized spacial score (nSPS) is 14.6. The minimum atomic E-state index is -0.365. The second kappa shape index (κ2) is 5.62. The highest BCUT2D eigenvalue weighted by molar-refractivity contribution is 9.10. The predicted molar refractivity (Wildman–Crippen MR) is 79.4 cm³/mol. The highest BCUT2D eigenvalue weighted by atomic mass is 79.9. The molecule has 0 saturated heterocycles. The fraction of sp³-hybridized carbons (Fsp3) is 0.250. The first-order chi connectivity index (χ1) is 9.65. The summed E-state index contributed by atoms with van der Waals surface area (Å²) < 4.78 is 28.4. The van der Waals surface area contributed by atoms with Gasteiger partial charge in [-0.25, -0.2) is 8.78 Å². The molecule has 1 fully saturated rings. The minimum absolute atomic E-state index is 0.296. The lowest BCUT2D eigenvalue weighted by atomic mass is 10.0. The van der Waals surface area contributed by atoms with Crippen molar-refractivity contribution in [1.29, 1.82) is 0 Å². The number of hydrogen-bond acceptors (Lipinski definition) is 1. The molecule has 0 heterocycles. The van der Waals surface area contributed by atoms with Crippen LogP contribution >= 0.6 is 15.9 Å². The molecule has 4 heteroatoms. The standard InChI is InChI=1S/C16H14BrF2N/c17-14-3-1-2-13(16(14)19)10-4-5-11(15(18)8-10)9-20-12-6-7-12/h1-5,8,12,20H,6-7,9H2. The van der Waals surface area contributed by atoms with Gasteiger partial charge >= 0.3 is 0 Å². The Morgan fingerprint density at radius 3 is 2.65 bits per heavy atom. The largest absolute Gasteiger partial charge is 0.310 e. The van der Waals surface area contributed by atoms with Gasteiger partial charge in [-0.15, -0.1) is 0 Å². The van der Waals surface area contributed by atoms with E-state index in [1.807, 2.05) is 0 Å². The first-order valence-corrected chi connectivity index (χ1v) is 7.40. The van der Waals surface area contributed by atoms with Crippen molar-refractivity contribution in [3.63, 3.8) is 0 Å². The summed E-state index contributed by atoms with van der Waals surface area (Å²) in [6, 6.07) is 10.4. The molecule has 0 aliphatic heterocycles. The van der Waals surface area contributed by atoms with Gasteiger partial charge in [0, 0.05) is 23.7 Å². The van der Waals surface area contributed by atoms with Crippen LogP contribution in [-0.4, -0.2) is 6.04 Å². The maximum absolute atomic E-state index is 14.1. The Kier molecular flexibility index (Phi) is 3.85. The van der Waals surface area contributed by atoms with Crippen LogP contribution in [-0.2, 0) is 6.54 Å². The Balaban J connectivity index is 1.87. The Bertz CT molecular complexity index is 638. The molecule has 3 rings (SSSR count). The van der Waals surface area contributed by atoms with Gasteiger partial charge in [0.25, 0.3) is 0 Å². The van der Waals surface area contributed by atoms with Crippen LogP contribution in [0.3, 0.4) is 0 Å². The van der Waals surface area contributed by atoms with E-state index in [1.54, 1.807) is 30.3 Å². The van der Waals surface area contributed by atoms with E-state index in [0.29, 0.717) is 33.7 Å². The molecule has 104 valence electrons. The lowest BCUT2D eigenvalue weighted by Gasteiger charge is -2.09. The van der Waals surface area contributed by atoms with Gasteiger partial charge in [-0.3, -0.25) is 0 Å². The topological polar surface area (TPSA) is 12.0 Å². The third-order valence-corrected chi connectivity index (χ3v) is 4.09. The first kappa shape index (κ1) is 13.7. The summed E-state index contributed by atoms with van der Waals surface area (Å²) in [5.41, 5.74) is 1.58. The van der Waals surface area contributed by atoms with Crippen LogP contribution < -0.4 is 5.32 Å². The van der Waals surface area contributed by atoms with E-state index in [4.69, 9.17) is 0 Å². The molecule has 0 atom stereocenters. The quantitative estimate of drug-likeness (QED) is 0.856. The van der Waals surface area contributed by atoms with Crippen LogP contribution in [0.25, 0.3) is 11.1 Å². The van der Waals surface area contributed by atoms with Crippen molar-refractivity contribution in [2.75, 3.05) is 0 Å². The summed E-state index contributed by atoms with van der Waals surface area (Å²) in [4.78, 5) is 0. The average Bonchev–Trinajstić information content (AvgIpc) is 3.25. The van der Waals surface area contributed by atoms with Crippen LogP contribution in [0.1, 0.15) is 18.4 Å². The van der Waals surface area contributed by atoms with Crippen LogP contribution in [0.15, 0.2) is 40.9 Å². The molecular weight excluding hydrogens is 324 g/mol. The van der Waals surface area contributed by atoms with E-state index in [0.717, 1.165) is 0 Å². The van der Waals surface area contributed by atoms with E-state index in [1.165, 1.54) is 18.9 Å². The lowest BCUT2D eigenvalue weighted by Crippen LogP contribution is -2.16. The van der Waals surface area contributed by atoms with Gasteiger partial charge < -0.3 is 5.32 Å². The highest BCUT2D eigenvalue weighted by Gasteiger charge is 2.20. The van der Waals surface area contributed by atoms with Crippen molar-refractivity contribution in [2.24, 2.45) is 0 Å². The number of halogens is 3. The summed E-state index contributed by atoms with van der Waals surface area (Å²) in [5, 5.41) is 3.27. The molecule has 1 nitrogen and oxygen atoms in total. The zero-order valence-corrected chi connectivity index (χ0v) is 12.4. The molecular formula is C16H14BrF2N. The van der Waals surface area contributed by atoms with E-state index >= 15 is 0 Å². The third kappa shape index (κ3) is 2.91. The van der Waals surface area contributed by atoms with Crippen molar-refractivity contribution in [3.8, 4) is 11.1 Å². The molecule has 0 bridgehead atoms. The summed E-state index contributed by atoms with van der Waals surface area (Å²) in [6.07, 6.45) is 2.34. The van der Waals surface area contributed by atoms with Crippen molar-refractivity contribution in [3.05, 3.63) is 58.1 Å². The van der Waals surface area contributed by atoms with Crippen LogP contribution in [0.5, 0.6) is 0 Å². The minimum Gasteiger partial charge on any atom is -0.310 e. The summed E-state index contributed by atoms with van der Waals surface area (Å²) >= 11 is 3.15. The molecule has 1 N–H and O–H groups in total. The monoisotopic (exact) mass is 337 g/mol. The Morgan fingerprint density at radius 2 is 1.95 bits per heavy atom. The van der Waals surface area contributed by atoms with E-state index in [2.05, 4.69) is 21.2 Å². The van der Waals surface area contributed by atoms with Gasteiger partial charge in [0.1, 0.15) is 11.6 Å². The fourth-order valence-corrected chi connectivity index (χ4v) is 2.49. The average molecular weight is 338 g/mol. The first-order valence-electron chi connectivity index (χ1n) is 6.61. The molecule has 20 heavy (non-hydrogen) atoms. The van der Waals surface area contributed by atoms with Crippen molar-refractivity contribution in [2.45, 2.75) is 25.4 Å². The molecule has 2 aromatic carbocycles. The number of rotatable bonds is 4. The second-order valence-electron chi connectivity index (χ2n) is 5.06. The van der Waals surface area contributed by atoms with Crippen LogP contribution in [0.4, 0.5) is 8.78 Å². The van der Waals surface area contributed by atoms with Crippen molar-refractivity contribution >= 4 is 15.9 Å². The lowest BCUT2D eigenvalue weighted by molar-refractivity contribution is 0.587. The van der Waals surface area contributed by atoms with Gasteiger partial charge in [0.2, 0.25) is 0 Å². The number of hydrogen-bond donors (Lipinski definition) is 1. The maximum atomic E-state index is 14.1. The SMILES string of the molecule is Fc1cc(-c2cccc(Br)c2F)ccc1CNC1CC1. The number of nitrogens with one attached hydrogen (secondary N) is 1. The summed E-state index contributed by atoms with van der Waals surface area (Å²) in [5.74, 6) is -0.661. The summed E-state index contributed by atoms with van der Waals surface area (Å²) in [6.45, 7) is 0.526. The van der Waals surface area contributed by atoms with Crippen LogP contribution in [0.2, 0.25) is 0 Å². The second-order valence-corrected chi connectivity index (χ2v) is 5.92. The van der Waals surface area contributed by atoms with Gasteiger partial charge in [0.15, 0.2) is 0 Å². The highest BCUT2D eigenvalue weighted by Crippen LogP contribution is 2.29. The molecule has 0 aromatic heterocycles. The smallest absolute Gasteiger partial charge is 0.145 e. The van der Waals surface area contributed by atoms with E-state index < -0.39 is 0 Å². The van der Waals surface area contributed by atoms with E-state index in [-0.39, 0.29) is 11.6 Å². The predicted octanol–water partition coefficient (Wildman–Crippen LogP) is 4.65. The maximum Gasteiger partial charge on any atom is 0.145 e. The van der Waals surface area contributed by atoms with E-state index in [9.17, 15) is 8.78 Å². The zero-order valence-electron chi connectivity index (χ0n) is 10.8. The molecule has 1 saturated carbocycles. The molecule has 2 aromatic rings. The van der Waals surface area contributed by atoms with Crippen molar-refractivity contribution < 1.29 is 8.78 Å². The Labute approximate surface area is 125 Å². The van der Waals surface area contributed by atoms with Gasteiger partial charge in [-0.2, -0.15) is 0 Å². The molecule has 0 radical (unpaired) electrons. The number of benzene rings is 2. The van der Waals surface area contributed by atoms with Gasteiger partial charge in [-0.1, -0.05) is 24.3 Å². The zero-order chi connectivity index (χ0) is 14.1. The Hall–Kier alpha value is -1.26. The molecule has 1 aliphatic rings. The Morgan fingerprint density at radius 1 is 1.15 bits per heavy atom. The molecule has 0 unspecified atom stereocenters. The van der Waals surface area contributed by atoms with Gasteiger partial charge in [0.05, 0.1) is 4.47 Å². The van der Waals surface area contributed by atoms with Crippen molar-refractivity contribution in [1.82, 2.24) is 5.32 Å². The van der Waals surface area contributed by atoms with Gasteiger partial charge in [-0.05, 0) is 46.5 Å². The van der Waals surface area contributed by atoms with Crippen LogP contribution in [0, 0.1) is 11.6 Å².